The summed E-state index contributed by atoms with van der Waals surface area (Å²) >= 11 is 0. The highest BCUT2D eigenvalue weighted by Crippen LogP contribution is 2.26. The van der Waals surface area contributed by atoms with E-state index in [0.29, 0.717) is 11.4 Å². The third-order valence-corrected chi connectivity index (χ3v) is 5.93. The van der Waals surface area contributed by atoms with E-state index in [2.05, 4.69) is 47.2 Å². The van der Waals surface area contributed by atoms with Crippen LogP contribution in [0.5, 0.6) is 0 Å². The number of aryl methyl sites for hydroxylation is 1. The Labute approximate surface area is 186 Å². The van der Waals surface area contributed by atoms with Gasteiger partial charge in [-0.3, -0.25) is 4.79 Å². The van der Waals surface area contributed by atoms with Crippen molar-refractivity contribution in [2.45, 2.75) is 6.92 Å². The quantitative estimate of drug-likeness (QED) is 0.521. The molecule has 1 saturated heterocycles. The first-order valence-corrected chi connectivity index (χ1v) is 10.7. The molecule has 4 heterocycles. The topological polar surface area (TPSA) is 88.0 Å². The van der Waals surface area contributed by atoms with Gasteiger partial charge in [0.05, 0.1) is 11.9 Å². The Morgan fingerprint density at radius 1 is 1.00 bits per heavy atom. The monoisotopic (exact) mass is 427 g/mol. The molecular weight excluding hydrogens is 402 g/mol. The van der Waals surface area contributed by atoms with E-state index >= 15 is 0 Å². The second kappa shape index (κ2) is 8.39. The van der Waals surface area contributed by atoms with Gasteiger partial charge in [-0.1, -0.05) is 12.1 Å². The number of carbonyl (C=O) groups is 1. The van der Waals surface area contributed by atoms with Gasteiger partial charge in [-0.05, 0) is 36.6 Å². The van der Waals surface area contributed by atoms with Gasteiger partial charge in [-0.15, -0.1) is 0 Å². The Morgan fingerprint density at radius 2 is 1.84 bits per heavy atom. The number of nitrogens with zero attached hydrogens (tertiary/aromatic N) is 5. The molecule has 0 atom stereocenters. The maximum atomic E-state index is 12.9. The molecule has 162 valence electrons. The summed E-state index contributed by atoms with van der Waals surface area (Å²) in [6, 6.07) is 11.7. The number of pyridine rings is 2. The number of carbonyl (C=O) groups excluding carboxylic acids is 1. The molecule has 0 unspecified atom stereocenters. The van der Waals surface area contributed by atoms with Gasteiger partial charge < -0.3 is 20.1 Å². The van der Waals surface area contributed by atoms with Gasteiger partial charge in [0.1, 0.15) is 17.5 Å². The molecule has 0 radical (unpaired) electrons. The average molecular weight is 428 g/mol. The molecule has 1 aliphatic heterocycles. The van der Waals surface area contributed by atoms with Crippen molar-refractivity contribution in [3.05, 3.63) is 66.4 Å². The van der Waals surface area contributed by atoms with Gasteiger partial charge >= 0.3 is 0 Å². The molecule has 0 bridgehead atoms. The molecule has 5 rings (SSSR count). The summed E-state index contributed by atoms with van der Waals surface area (Å²) in [7, 11) is 2.00. The second-order valence-corrected chi connectivity index (χ2v) is 7.98. The van der Waals surface area contributed by atoms with Crippen molar-refractivity contribution in [3.8, 4) is 11.3 Å². The molecule has 0 spiro atoms. The highest BCUT2D eigenvalue weighted by Gasteiger charge is 2.15. The maximum absolute atomic E-state index is 12.9. The Morgan fingerprint density at radius 3 is 2.62 bits per heavy atom. The van der Waals surface area contributed by atoms with E-state index in [1.54, 1.807) is 18.5 Å². The number of imidazole rings is 1. The molecular formula is C24H25N7O. The van der Waals surface area contributed by atoms with Crippen molar-refractivity contribution < 1.29 is 4.79 Å². The lowest BCUT2D eigenvalue weighted by atomic mass is 10.1. The Balaban J connectivity index is 1.39. The number of rotatable bonds is 4. The number of hydrogen-bond acceptors (Lipinski definition) is 6. The van der Waals surface area contributed by atoms with Crippen LogP contribution in [0.4, 0.5) is 11.6 Å². The first-order chi connectivity index (χ1) is 15.6. The molecule has 1 fully saturated rings. The summed E-state index contributed by atoms with van der Waals surface area (Å²) in [5.74, 6) is 2.09. The van der Waals surface area contributed by atoms with Gasteiger partial charge in [-0.25, -0.2) is 15.0 Å². The lowest BCUT2D eigenvalue weighted by Crippen LogP contribution is -2.43. The normalized spacial score (nSPS) is 14.0. The second-order valence-electron chi connectivity index (χ2n) is 7.98. The zero-order valence-corrected chi connectivity index (χ0v) is 18.2. The van der Waals surface area contributed by atoms with Crippen LogP contribution in [0.2, 0.25) is 0 Å². The number of amides is 1. The third-order valence-electron chi connectivity index (χ3n) is 5.93. The number of fused-ring (bicyclic) bond motifs is 1. The Bertz CT molecular complexity index is 1290. The number of anilines is 2. The standard InChI is InChI=1S/C24H25N7O/c1-16-27-15-21(30(16)2)17-3-4-19-14-28-22(12-20(19)11-17)29-24(32)18-5-6-26-23(13-18)31-9-7-25-8-10-31/h3-6,11-15,25H,7-10H2,1-2H3,(H,28,29,32). The molecule has 4 aromatic rings. The first kappa shape index (κ1) is 20.1. The van der Waals surface area contributed by atoms with Crippen molar-refractivity contribution >= 4 is 28.3 Å². The predicted octanol–water partition coefficient (Wildman–Crippen LogP) is 3.00. The molecule has 8 nitrogen and oxygen atoms in total. The van der Waals surface area contributed by atoms with Crippen molar-refractivity contribution in [1.29, 1.82) is 0 Å². The van der Waals surface area contributed by atoms with Crippen LogP contribution >= 0.6 is 0 Å². The number of hydrogen-bond donors (Lipinski definition) is 2. The predicted molar refractivity (Wildman–Crippen MR) is 126 cm³/mol. The van der Waals surface area contributed by atoms with Gasteiger partial charge in [-0.2, -0.15) is 0 Å². The lowest BCUT2D eigenvalue weighted by molar-refractivity contribution is 0.102. The minimum atomic E-state index is -0.200. The molecule has 3 aromatic heterocycles. The third kappa shape index (κ3) is 3.92. The van der Waals surface area contributed by atoms with Crippen LogP contribution in [0, 0.1) is 6.92 Å². The van der Waals surface area contributed by atoms with E-state index in [1.165, 1.54) is 0 Å². The number of aromatic nitrogens is 4. The summed E-state index contributed by atoms with van der Waals surface area (Å²) < 4.78 is 2.06. The van der Waals surface area contributed by atoms with Crippen molar-refractivity contribution in [2.24, 2.45) is 7.05 Å². The zero-order chi connectivity index (χ0) is 22.1. The van der Waals surface area contributed by atoms with Crippen LogP contribution in [0.25, 0.3) is 22.0 Å². The molecule has 32 heavy (non-hydrogen) atoms. The summed E-state index contributed by atoms with van der Waals surface area (Å²) in [6.07, 6.45) is 5.34. The van der Waals surface area contributed by atoms with E-state index in [0.717, 1.165) is 59.9 Å². The fraction of sp³-hybridized carbons (Fsp3) is 0.250. The average Bonchev–Trinajstić information content (AvgIpc) is 3.17. The Kier molecular flexibility index (Phi) is 5.28. The van der Waals surface area contributed by atoms with Crippen LogP contribution in [0.15, 0.2) is 55.0 Å². The highest BCUT2D eigenvalue weighted by atomic mass is 16.1. The van der Waals surface area contributed by atoms with E-state index in [1.807, 2.05) is 38.4 Å². The summed E-state index contributed by atoms with van der Waals surface area (Å²) in [5, 5.41) is 8.27. The minimum absolute atomic E-state index is 0.200. The van der Waals surface area contributed by atoms with Gasteiger partial charge in [0, 0.05) is 62.1 Å². The minimum Gasteiger partial charge on any atom is -0.354 e. The molecule has 1 aliphatic rings. The van der Waals surface area contributed by atoms with Crippen LogP contribution < -0.4 is 15.5 Å². The van der Waals surface area contributed by atoms with Crippen LogP contribution in [-0.2, 0) is 7.05 Å². The first-order valence-electron chi connectivity index (χ1n) is 10.7. The lowest BCUT2D eigenvalue weighted by Gasteiger charge is -2.28. The molecule has 1 amide bonds. The number of piperazine rings is 1. The van der Waals surface area contributed by atoms with E-state index < -0.39 is 0 Å². The highest BCUT2D eigenvalue weighted by molar-refractivity contribution is 6.05. The van der Waals surface area contributed by atoms with E-state index in [4.69, 9.17) is 0 Å². The molecule has 0 aliphatic carbocycles. The molecule has 1 aromatic carbocycles. The van der Waals surface area contributed by atoms with Crippen molar-refractivity contribution in [1.82, 2.24) is 24.8 Å². The largest absolute Gasteiger partial charge is 0.354 e. The van der Waals surface area contributed by atoms with Crippen molar-refractivity contribution in [2.75, 3.05) is 36.4 Å². The fourth-order valence-corrected chi connectivity index (χ4v) is 3.95. The number of benzene rings is 1. The summed E-state index contributed by atoms with van der Waals surface area (Å²) in [5.41, 5.74) is 2.68. The van der Waals surface area contributed by atoms with Gasteiger partial charge in [0.15, 0.2) is 0 Å². The van der Waals surface area contributed by atoms with Crippen molar-refractivity contribution in [3.63, 3.8) is 0 Å². The summed E-state index contributed by atoms with van der Waals surface area (Å²) in [4.78, 5) is 28.3. The fourth-order valence-electron chi connectivity index (χ4n) is 3.95. The zero-order valence-electron chi connectivity index (χ0n) is 18.2. The van der Waals surface area contributed by atoms with Gasteiger partial charge in [0.2, 0.25) is 0 Å². The van der Waals surface area contributed by atoms with Crippen LogP contribution in [0.1, 0.15) is 16.2 Å². The SMILES string of the molecule is Cc1ncc(-c2ccc3cnc(NC(=O)c4ccnc(N5CCNCC5)c4)cc3c2)n1C. The molecule has 0 saturated carbocycles. The Hall–Kier alpha value is -3.78. The van der Waals surface area contributed by atoms with Crippen LogP contribution in [0.3, 0.4) is 0 Å². The molecule has 2 N–H and O–H groups in total. The van der Waals surface area contributed by atoms with Crippen LogP contribution in [-0.4, -0.2) is 51.6 Å². The van der Waals surface area contributed by atoms with E-state index in [-0.39, 0.29) is 5.91 Å². The number of nitrogens with one attached hydrogen (secondary N) is 2. The summed E-state index contributed by atoms with van der Waals surface area (Å²) in [6.45, 7) is 5.57. The van der Waals surface area contributed by atoms with Gasteiger partial charge in [0.25, 0.3) is 5.91 Å². The van der Waals surface area contributed by atoms with E-state index in [9.17, 15) is 4.79 Å². The maximum Gasteiger partial charge on any atom is 0.257 e. The smallest absolute Gasteiger partial charge is 0.257 e. The molecule has 8 heteroatoms.